The molecule has 6 heteroatoms. The third-order valence-corrected chi connectivity index (χ3v) is 6.05. The average Bonchev–Trinajstić information content (AvgIpc) is 3.20. The maximum absolute atomic E-state index is 13.0. The summed E-state index contributed by atoms with van der Waals surface area (Å²) in [6.45, 7) is 0.140. The van der Waals surface area contributed by atoms with Crippen molar-refractivity contribution in [2.75, 3.05) is 13.7 Å². The van der Waals surface area contributed by atoms with Crippen LogP contribution >= 0.6 is 11.6 Å². The highest BCUT2D eigenvalue weighted by molar-refractivity contribution is 6.30. The van der Waals surface area contributed by atoms with E-state index in [1.54, 1.807) is 0 Å². The van der Waals surface area contributed by atoms with Gasteiger partial charge in [0, 0.05) is 24.1 Å². The van der Waals surface area contributed by atoms with Crippen molar-refractivity contribution in [2.24, 2.45) is 11.3 Å². The predicted molar refractivity (Wildman–Crippen MR) is 99.3 cm³/mol. The van der Waals surface area contributed by atoms with Gasteiger partial charge in [-0.2, -0.15) is 0 Å². The van der Waals surface area contributed by atoms with E-state index in [1.807, 2.05) is 24.3 Å². The number of ether oxygens (including phenoxy) is 1. The third-order valence-electron chi connectivity index (χ3n) is 5.80. The SMILES string of the molecule is COCC(CC1(C(=O)NC2C[C@H]2c2ccc(Cl)cc2)CCCC1)C(=O)O. The van der Waals surface area contributed by atoms with E-state index in [2.05, 4.69) is 5.32 Å². The van der Waals surface area contributed by atoms with Gasteiger partial charge in [0.05, 0.1) is 17.9 Å². The highest BCUT2D eigenvalue weighted by Crippen LogP contribution is 2.46. The Morgan fingerprint density at radius 3 is 2.54 bits per heavy atom. The van der Waals surface area contributed by atoms with Crippen molar-refractivity contribution in [3.8, 4) is 0 Å². The topological polar surface area (TPSA) is 75.6 Å². The fraction of sp³-hybridized carbons (Fsp3) is 0.600. The minimum atomic E-state index is -0.892. The van der Waals surface area contributed by atoms with Gasteiger partial charge in [-0.25, -0.2) is 0 Å². The third kappa shape index (κ3) is 4.21. The second-order valence-electron chi connectivity index (χ2n) is 7.66. The molecule has 142 valence electrons. The number of aliphatic carboxylic acids is 1. The van der Waals surface area contributed by atoms with Crippen LogP contribution in [0.5, 0.6) is 0 Å². The molecule has 2 aliphatic rings. The number of hydrogen-bond acceptors (Lipinski definition) is 3. The van der Waals surface area contributed by atoms with Crippen LogP contribution in [0.2, 0.25) is 5.02 Å². The molecule has 0 saturated heterocycles. The Balaban J connectivity index is 1.64. The molecular formula is C20H26ClNO4. The first kappa shape index (κ1) is 19.2. The molecule has 1 aromatic rings. The lowest BCUT2D eigenvalue weighted by molar-refractivity contribution is -0.146. The summed E-state index contributed by atoms with van der Waals surface area (Å²) in [5, 5.41) is 13.3. The van der Waals surface area contributed by atoms with E-state index in [0.29, 0.717) is 17.4 Å². The number of benzene rings is 1. The maximum atomic E-state index is 13.0. The van der Waals surface area contributed by atoms with Gasteiger partial charge < -0.3 is 15.2 Å². The Morgan fingerprint density at radius 1 is 1.31 bits per heavy atom. The normalized spacial score (nSPS) is 24.8. The maximum Gasteiger partial charge on any atom is 0.308 e. The van der Waals surface area contributed by atoms with Crippen molar-refractivity contribution in [1.82, 2.24) is 5.32 Å². The summed E-state index contributed by atoms with van der Waals surface area (Å²) in [6.07, 6.45) is 4.72. The molecule has 0 aromatic heterocycles. The van der Waals surface area contributed by atoms with Crippen LogP contribution in [0.15, 0.2) is 24.3 Å². The van der Waals surface area contributed by atoms with Crippen LogP contribution in [0.1, 0.15) is 50.0 Å². The number of carboxylic acid groups (broad SMARTS) is 1. The molecule has 2 N–H and O–H groups in total. The molecule has 0 aliphatic heterocycles. The molecule has 3 atom stereocenters. The zero-order valence-electron chi connectivity index (χ0n) is 15.0. The molecule has 2 saturated carbocycles. The summed E-state index contributed by atoms with van der Waals surface area (Å²) in [5.74, 6) is -1.20. The van der Waals surface area contributed by atoms with E-state index >= 15 is 0 Å². The van der Waals surface area contributed by atoms with Gasteiger partial charge in [-0.05, 0) is 43.4 Å². The standard InChI is InChI=1S/C20H26ClNO4/c1-26-12-14(18(23)24)11-20(8-2-3-9-20)19(25)22-17-10-16(17)13-4-6-15(21)7-5-13/h4-7,14,16-17H,2-3,8-12H2,1H3,(H,22,25)(H,23,24)/t14?,16-,17?/m0/s1. The minimum Gasteiger partial charge on any atom is -0.481 e. The number of rotatable bonds is 8. The van der Waals surface area contributed by atoms with E-state index in [0.717, 1.165) is 32.1 Å². The molecule has 26 heavy (non-hydrogen) atoms. The fourth-order valence-electron chi connectivity index (χ4n) is 4.22. The van der Waals surface area contributed by atoms with E-state index in [4.69, 9.17) is 16.3 Å². The van der Waals surface area contributed by atoms with Crippen LogP contribution in [0, 0.1) is 11.3 Å². The molecule has 3 rings (SSSR count). The number of carbonyl (C=O) groups excluding carboxylic acids is 1. The van der Waals surface area contributed by atoms with Crippen LogP contribution in [0.3, 0.4) is 0 Å². The molecule has 2 unspecified atom stereocenters. The first-order valence-electron chi connectivity index (χ1n) is 9.23. The molecule has 2 fully saturated rings. The summed E-state index contributed by atoms with van der Waals surface area (Å²) >= 11 is 5.93. The van der Waals surface area contributed by atoms with Gasteiger partial charge in [0.25, 0.3) is 0 Å². The Bertz CT molecular complexity index is 654. The lowest BCUT2D eigenvalue weighted by Crippen LogP contribution is -2.43. The number of methoxy groups -OCH3 is 1. The molecule has 0 spiro atoms. The first-order chi connectivity index (χ1) is 12.4. The monoisotopic (exact) mass is 379 g/mol. The van der Waals surface area contributed by atoms with E-state index < -0.39 is 17.3 Å². The second kappa shape index (κ2) is 7.97. The number of carboxylic acids is 1. The quantitative estimate of drug-likeness (QED) is 0.723. The molecule has 0 bridgehead atoms. The van der Waals surface area contributed by atoms with Gasteiger partial charge in [-0.3, -0.25) is 9.59 Å². The van der Waals surface area contributed by atoms with E-state index in [9.17, 15) is 14.7 Å². The Morgan fingerprint density at radius 2 is 1.96 bits per heavy atom. The highest BCUT2D eigenvalue weighted by Gasteiger charge is 2.47. The van der Waals surface area contributed by atoms with Crippen molar-refractivity contribution in [1.29, 1.82) is 0 Å². The molecule has 2 aliphatic carbocycles. The van der Waals surface area contributed by atoms with Crippen LogP contribution in [0.25, 0.3) is 0 Å². The Kier molecular flexibility index (Phi) is 5.88. The minimum absolute atomic E-state index is 0.0128. The van der Waals surface area contributed by atoms with Crippen molar-refractivity contribution in [3.05, 3.63) is 34.9 Å². The van der Waals surface area contributed by atoms with Gasteiger partial charge in [-0.1, -0.05) is 36.6 Å². The fourth-order valence-corrected chi connectivity index (χ4v) is 4.35. The van der Waals surface area contributed by atoms with Crippen molar-refractivity contribution in [2.45, 2.75) is 50.5 Å². The summed E-state index contributed by atoms with van der Waals surface area (Å²) in [4.78, 5) is 24.6. The number of halogens is 1. The summed E-state index contributed by atoms with van der Waals surface area (Å²) in [6, 6.07) is 7.88. The number of nitrogens with one attached hydrogen (secondary N) is 1. The van der Waals surface area contributed by atoms with E-state index in [-0.39, 0.29) is 18.6 Å². The molecule has 0 heterocycles. The first-order valence-corrected chi connectivity index (χ1v) is 9.61. The lowest BCUT2D eigenvalue weighted by Gasteiger charge is -2.30. The Hall–Kier alpha value is -1.59. The average molecular weight is 380 g/mol. The van der Waals surface area contributed by atoms with Gasteiger partial charge in [-0.15, -0.1) is 0 Å². The van der Waals surface area contributed by atoms with Gasteiger partial charge >= 0.3 is 5.97 Å². The van der Waals surface area contributed by atoms with Crippen molar-refractivity contribution < 1.29 is 19.4 Å². The second-order valence-corrected chi connectivity index (χ2v) is 8.09. The zero-order chi connectivity index (χ0) is 18.7. The largest absolute Gasteiger partial charge is 0.481 e. The number of carbonyl (C=O) groups is 2. The summed E-state index contributed by atoms with van der Waals surface area (Å²) in [5.41, 5.74) is 0.609. The van der Waals surface area contributed by atoms with Crippen LogP contribution < -0.4 is 5.32 Å². The molecular weight excluding hydrogens is 354 g/mol. The van der Waals surface area contributed by atoms with E-state index in [1.165, 1.54) is 12.7 Å². The van der Waals surface area contributed by atoms with Gasteiger partial charge in [0.15, 0.2) is 0 Å². The van der Waals surface area contributed by atoms with Crippen LogP contribution in [-0.4, -0.2) is 36.7 Å². The highest BCUT2D eigenvalue weighted by atomic mass is 35.5. The van der Waals surface area contributed by atoms with Crippen LogP contribution in [-0.2, 0) is 14.3 Å². The predicted octanol–water partition coefficient (Wildman–Crippen LogP) is 3.61. The van der Waals surface area contributed by atoms with Gasteiger partial charge in [0.1, 0.15) is 0 Å². The van der Waals surface area contributed by atoms with Crippen molar-refractivity contribution in [3.63, 3.8) is 0 Å². The molecule has 0 radical (unpaired) electrons. The van der Waals surface area contributed by atoms with Gasteiger partial charge in [0.2, 0.25) is 5.91 Å². The van der Waals surface area contributed by atoms with Crippen LogP contribution in [0.4, 0.5) is 0 Å². The summed E-state index contributed by atoms with van der Waals surface area (Å²) in [7, 11) is 1.50. The zero-order valence-corrected chi connectivity index (χ0v) is 15.8. The summed E-state index contributed by atoms with van der Waals surface area (Å²) < 4.78 is 5.05. The lowest BCUT2D eigenvalue weighted by atomic mass is 9.77. The molecule has 5 nitrogen and oxygen atoms in total. The molecule has 1 amide bonds. The van der Waals surface area contributed by atoms with Crippen molar-refractivity contribution >= 4 is 23.5 Å². The smallest absolute Gasteiger partial charge is 0.308 e. The molecule has 1 aromatic carbocycles. The number of hydrogen-bond donors (Lipinski definition) is 2. The Labute approximate surface area is 159 Å². The number of amides is 1.